The number of amides is 2. The van der Waals surface area contributed by atoms with Crippen molar-refractivity contribution in [1.82, 2.24) is 15.2 Å². The number of likely N-dealkylation sites (tertiary alicyclic amines) is 1. The summed E-state index contributed by atoms with van der Waals surface area (Å²) in [5, 5.41) is 2.94. The maximum absolute atomic E-state index is 12.1. The summed E-state index contributed by atoms with van der Waals surface area (Å²) in [6, 6.07) is 3.47. The zero-order valence-electron chi connectivity index (χ0n) is 13.8. The van der Waals surface area contributed by atoms with Gasteiger partial charge in [-0.1, -0.05) is 0 Å². The van der Waals surface area contributed by atoms with E-state index in [1.807, 2.05) is 6.92 Å². The van der Waals surface area contributed by atoms with E-state index in [0.29, 0.717) is 38.4 Å². The summed E-state index contributed by atoms with van der Waals surface area (Å²) in [5.41, 5.74) is 0.549. The number of pyridine rings is 1. The molecule has 1 aromatic heterocycles. The summed E-state index contributed by atoms with van der Waals surface area (Å²) in [6.07, 6.45) is 3.25. The molecular weight excluding hydrogens is 310 g/mol. The van der Waals surface area contributed by atoms with Crippen LogP contribution in [0.2, 0.25) is 0 Å². The molecule has 2 saturated heterocycles. The molecule has 0 aromatic carbocycles. The molecule has 0 aliphatic carbocycles. The standard InChI is InChI=1S/C17H23N3O4/c1-2-23-11-16(21)20-8-14-13(10-24-15(14)9-20)7-19-17(22)12-4-3-5-18-6-12/h3-6,13-15H,2,7-11H2,1H3,(H,19,22)/t13-,14-,15-/m1/s1. The van der Waals surface area contributed by atoms with Gasteiger partial charge in [0.2, 0.25) is 5.91 Å². The van der Waals surface area contributed by atoms with E-state index < -0.39 is 0 Å². The predicted molar refractivity (Wildman–Crippen MR) is 86.4 cm³/mol. The molecule has 2 fully saturated rings. The molecule has 0 spiro atoms. The van der Waals surface area contributed by atoms with E-state index in [4.69, 9.17) is 9.47 Å². The zero-order chi connectivity index (χ0) is 16.9. The first-order valence-corrected chi connectivity index (χ1v) is 8.34. The molecule has 24 heavy (non-hydrogen) atoms. The van der Waals surface area contributed by atoms with Crippen molar-refractivity contribution in [3.05, 3.63) is 30.1 Å². The second kappa shape index (κ2) is 7.72. The molecule has 7 heteroatoms. The first-order chi connectivity index (χ1) is 11.7. The van der Waals surface area contributed by atoms with Gasteiger partial charge in [-0.15, -0.1) is 0 Å². The van der Waals surface area contributed by atoms with Gasteiger partial charge in [-0.3, -0.25) is 14.6 Å². The molecule has 1 N–H and O–H groups in total. The Balaban J connectivity index is 1.50. The largest absolute Gasteiger partial charge is 0.376 e. The second-order valence-corrected chi connectivity index (χ2v) is 6.18. The van der Waals surface area contributed by atoms with E-state index in [1.165, 1.54) is 0 Å². The van der Waals surface area contributed by atoms with Crippen LogP contribution in [0.1, 0.15) is 17.3 Å². The van der Waals surface area contributed by atoms with Gasteiger partial charge in [0.05, 0.1) is 18.3 Å². The van der Waals surface area contributed by atoms with Gasteiger partial charge >= 0.3 is 0 Å². The van der Waals surface area contributed by atoms with Crippen molar-refractivity contribution < 1.29 is 19.1 Å². The lowest BCUT2D eigenvalue weighted by Gasteiger charge is -2.20. The number of fused-ring (bicyclic) bond motifs is 1. The van der Waals surface area contributed by atoms with Gasteiger partial charge < -0.3 is 19.7 Å². The van der Waals surface area contributed by atoms with Gasteiger partial charge in [0.25, 0.3) is 5.91 Å². The molecule has 3 rings (SSSR count). The van der Waals surface area contributed by atoms with Gasteiger partial charge in [-0.25, -0.2) is 0 Å². The molecular formula is C17H23N3O4. The number of carbonyl (C=O) groups is 2. The average Bonchev–Trinajstić information content (AvgIpc) is 3.19. The molecule has 2 aliphatic rings. The minimum absolute atomic E-state index is 0.00740. The molecule has 1 aromatic rings. The van der Waals surface area contributed by atoms with Crippen LogP contribution in [0, 0.1) is 11.8 Å². The first kappa shape index (κ1) is 16.9. The van der Waals surface area contributed by atoms with Crippen molar-refractivity contribution in [3.63, 3.8) is 0 Å². The Labute approximate surface area is 141 Å². The van der Waals surface area contributed by atoms with E-state index in [2.05, 4.69) is 10.3 Å². The Bertz CT molecular complexity index is 580. The van der Waals surface area contributed by atoms with E-state index in [0.717, 1.165) is 0 Å². The van der Waals surface area contributed by atoms with Crippen LogP contribution < -0.4 is 5.32 Å². The summed E-state index contributed by atoms with van der Waals surface area (Å²) < 4.78 is 11.0. The van der Waals surface area contributed by atoms with E-state index >= 15 is 0 Å². The van der Waals surface area contributed by atoms with Crippen LogP contribution in [0.15, 0.2) is 24.5 Å². The van der Waals surface area contributed by atoms with Crippen LogP contribution in [-0.4, -0.2) is 67.3 Å². The highest BCUT2D eigenvalue weighted by Gasteiger charge is 2.45. The van der Waals surface area contributed by atoms with Crippen molar-refractivity contribution in [1.29, 1.82) is 0 Å². The third-order valence-electron chi connectivity index (χ3n) is 4.67. The number of hydrogen-bond acceptors (Lipinski definition) is 5. The maximum Gasteiger partial charge on any atom is 0.252 e. The summed E-state index contributed by atoms with van der Waals surface area (Å²) in [4.78, 5) is 29.9. The van der Waals surface area contributed by atoms with Gasteiger partial charge in [-0.2, -0.15) is 0 Å². The van der Waals surface area contributed by atoms with Gasteiger partial charge in [0.1, 0.15) is 6.61 Å². The van der Waals surface area contributed by atoms with Crippen LogP contribution in [0.5, 0.6) is 0 Å². The minimum atomic E-state index is -0.131. The topological polar surface area (TPSA) is 80.8 Å². The van der Waals surface area contributed by atoms with Crippen LogP contribution in [0.25, 0.3) is 0 Å². The Morgan fingerprint density at radius 1 is 1.46 bits per heavy atom. The molecule has 2 aliphatic heterocycles. The quantitative estimate of drug-likeness (QED) is 0.811. The highest BCUT2D eigenvalue weighted by molar-refractivity contribution is 5.93. The lowest BCUT2D eigenvalue weighted by atomic mass is 9.93. The maximum atomic E-state index is 12.1. The highest BCUT2D eigenvalue weighted by atomic mass is 16.5. The molecule has 130 valence electrons. The van der Waals surface area contributed by atoms with Crippen LogP contribution in [0.3, 0.4) is 0 Å². The Kier molecular flexibility index (Phi) is 5.42. The smallest absolute Gasteiger partial charge is 0.252 e. The van der Waals surface area contributed by atoms with Crippen molar-refractivity contribution in [2.45, 2.75) is 13.0 Å². The van der Waals surface area contributed by atoms with E-state index in [-0.39, 0.29) is 36.4 Å². The summed E-state index contributed by atoms with van der Waals surface area (Å²) in [7, 11) is 0. The molecule has 3 atom stereocenters. The Morgan fingerprint density at radius 2 is 2.33 bits per heavy atom. The fourth-order valence-corrected chi connectivity index (χ4v) is 3.32. The lowest BCUT2D eigenvalue weighted by Crippen LogP contribution is -2.36. The second-order valence-electron chi connectivity index (χ2n) is 6.18. The van der Waals surface area contributed by atoms with E-state index in [9.17, 15) is 9.59 Å². The number of nitrogens with one attached hydrogen (secondary N) is 1. The molecule has 0 radical (unpaired) electrons. The number of hydrogen-bond donors (Lipinski definition) is 1. The normalized spacial score (nSPS) is 25.5. The molecule has 3 heterocycles. The Hall–Kier alpha value is -1.99. The Morgan fingerprint density at radius 3 is 3.08 bits per heavy atom. The molecule has 0 saturated carbocycles. The third-order valence-corrected chi connectivity index (χ3v) is 4.67. The third kappa shape index (κ3) is 3.73. The van der Waals surface area contributed by atoms with E-state index in [1.54, 1.807) is 29.4 Å². The van der Waals surface area contributed by atoms with Crippen molar-refractivity contribution in [2.24, 2.45) is 11.8 Å². The molecule has 0 bridgehead atoms. The fraction of sp³-hybridized carbons (Fsp3) is 0.588. The summed E-state index contributed by atoms with van der Waals surface area (Å²) >= 11 is 0. The SMILES string of the molecule is CCOCC(=O)N1C[C@@H]2[C@H](CNC(=O)c3cccnc3)CO[C@@H]2C1. The van der Waals surface area contributed by atoms with Crippen molar-refractivity contribution in [2.75, 3.05) is 39.5 Å². The van der Waals surface area contributed by atoms with Crippen molar-refractivity contribution >= 4 is 11.8 Å². The highest BCUT2D eigenvalue weighted by Crippen LogP contribution is 2.33. The average molecular weight is 333 g/mol. The molecule has 2 amide bonds. The predicted octanol–water partition coefficient (Wildman–Crippen LogP) is 0.321. The summed E-state index contributed by atoms with van der Waals surface area (Å²) in [5.74, 6) is 0.368. The monoisotopic (exact) mass is 333 g/mol. The van der Waals surface area contributed by atoms with Crippen LogP contribution >= 0.6 is 0 Å². The number of ether oxygens (including phenoxy) is 2. The van der Waals surface area contributed by atoms with Gasteiger partial charge in [0.15, 0.2) is 0 Å². The van der Waals surface area contributed by atoms with Gasteiger partial charge in [0, 0.05) is 50.5 Å². The number of carbonyl (C=O) groups excluding carboxylic acids is 2. The summed E-state index contributed by atoms with van der Waals surface area (Å²) in [6.45, 7) is 4.98. The number of nitrogens with zero attached hydrogens (tertiary/aromatic N) is 2. The van der Waals surface area contributed by atoms with Crippen molar-refractivity contribution in [3.8, 4) is 0 Å². The number of rotatable bonds is 6. The van der Waals surface area contributed by atoms with Crippen LogP contribution in [-0.2, 0) is 14.3 Å². The number of aromatic nitrogens is 1. The zero-order valence-corrected chi connectivity index (χ0v) is 13.8. The minimum Gasteiger partial charge on any atom is -0.376 e. The molecule has 7 nitrogen and oxygen atoms in total. The fourth-order valence-electron chi connectivity index (χ4n) is 3.32. The van der Waals surface area contributed by atoms with Crippen LogP contribution in [0.4, 0.5) is 0 Å². The van der Waals surface area contributed by atoms with Gasteiger partial charge in [-0.05, 0) is 19.1 Å². The lowest BCUT2D eigenvalue weighted by molar-refractivity contribution is -0.135. The first-order valence-electron chi connectivity index (χ1n) is 8.34. The molecule has 0 unspecified atom stereocenters.